The number of aromatic nitrogens is 3. The Labute approximate surface area is 470 Å². The van der Waals surface area contributed by atoms with Crippen molar-refractivity contribution in [3.8, 4) is 91.3 Å². The van der Waals surface area contributed by atoms with Crippen LogP contribution in [0.25, 0.3) is 135 Å². The Kier molecular flexibility index (Phi) is 12.1. The molecule has 0 spiro atoms. The first-order chi connectivity index (χ1) is 40.0. The van der Waals surface area contributed by atoms with Gasteiger partial charge >= 0.3 is 0 Å². The average molecular weight is 1040 g/mol. The number of hydrogen-bond acceptors (Lipinski definition) is 5. The molecule has 0 unspecified atom stereocenters. The first kappa shape index (κ1) is 50.0. The molecule has 82 heavy (non-hydrogen) atoms. The van der Waals surface area contributed by atoms with Crippen LogP contribution in [0.15, 0.2) is 170 Å². The molecule has 0 saturated heterocycles. The highest BCUT2D eigenvalue weighted by Gasteiger charge is 2.25. The average Bonchev–Trinajstić information content (AvgIpc) is 3.61. The van der Waals surface area contributed by atoms with Gasteiger partial charge in [0.2, 0.25) is 0 Å². The number of fused-ring (bicyclic) bond motifs is 6. The van der Waals surface area contributed by atoms with Crippen molar-refractivity contribution >= 4 is 72.0 Å². The van der Waals surface area contributed by atoms with Gasteiger partial charge in [0.15, 0.2) is 28.4 Å². The number of nitriles is 4. The Morgan fingerprint density at radius 3 is 1.13 bits per heavy atom. The van der Waals surface area contributed by atoms with E-state index in [1.807, 2.05) is 111 Å². The molecule has 0 bridgehead atoms. The second-order valence-corrected chi connectivity index (χ2v) is 19.5. The molecule has 374 valence electrons. The molecule has 3 heterocycles. The van der Waals surface area contributed by atoms with Gasteiger partial charge < -0.3 is 9.13 Å². The Balaban J connectivity index is 1.28. The number of hydrogen-bond donors (Lipinski definition) is 0. The summed E-state index contributed by atoms with van der Waals surface area (Å²) in [7, 11) is 0. The van der Waals surface area contributed by atoms with Crippen LogP contribution in [0.5, 0.6) is 0 Å². The largest absolute Gasteiger partial charge is 0.307 e. The van der Waals surface area contributed by atoms with Crippen molar-refractivity contribution in [1.29, 1.82) is 21.0 Å². The van der Waals surface area contributed by atoms with E-state index in [1.54, 1.807) is 72.8 Å². The number of nitrogens with zero attached hydrogens (tertiary/aromatic N) is 12. The quantitative estimate of drug-likeness (QED) is 0.146. The molecular weight excluding hydrogens is 1010 g/mol. The molecule has 0 aliphatic rings. The third kappa shape index (κ3) is 8.21. The van der Waals surface area contributed by atoms with E-state index >= 15 is 0 Å². The molecule has 0 aliphatic heterocycles. The molecule has 3 aromatic heterocycles. The van der Waals surface area contributed by atoms with E-state index in [-0.39, 0.29) is 0 Å². The lowest BCUT2D eigenvalue weighted by Crippen LogP contribution is -2.06. The summed E-state index contributed by atoms with van der Waals surface area (Å²) in [6.45, 7) is 43.9. The zero-order valence-electron chi connectivity index (χ0n) is 43.5. The Bertz CT molecular complexity index is 4970. The summed E-state index contributed by atoms with van der Waals surface area (Å²) in [6.07, 6.45) is 0. The summed E-state index contributed by atoms with van der Waals surface area (Å²) in [5, 5.41) is 45.0. The topological polar surface area (TPSA) is 140 Å². The monoisotopic (exact) mass is 1040 g/mol. The summed E-state index contributed by atoms with van der Waals surface area (Å²) in [5.74, 6) is 0. The van der Waals surface area contributed by atoms with Crippen LogP contribution in [-0.4, -0.2) is 14.1 Å². The summed E-state index contributed by atoms with van der Waals surface area (Å²) in [6, 6.07) is 61.0. The maximum absolute atomic E-state index is 11.4. The molecule has 0 amide bonds. The molecule has 12 aromatic rings. The second-order valence-electron chi connectivity index (χ2n) is 19.5. The van der Waals surface area contributed by atoms with Gasteiger partial charge in [0.1, 0.15) is 0 Å². The van der Waals surface area contributed by atoms with Crippen LogP contribution in [0.2, 0.25) is 0 Å². The predicted molar refractivity (Wildman–Crippen MR) is 320 cm³/mol. The van der Waals surface area contributed by atoms with Crippen molar-refractivity contribution in [3.05, 3.63) is 261 Å². The van der Waals surface area contributed by atoms with Crippen LogP contribution < -0.4 is 0 Å². The molecule has 12 heteroatoms. The van der Waals surface area contributed by atoms with E-state index in [9.17, 15) is 21.0 Å². The predicted octanol–water partition coefficient (Wildman–Crippen LogP) is 18.5. The lowest BCUT2D eigenvalue weighted by molar-refractivity contribution is 1.09. The van der Waals surface area contributed by atoms with Gasteiger partial charge in [-0.1, -0.05) is 97.1 Å². The number of pyridine rings is 1. The van der Waals surface area contributed by atoms with Gasteiger partial charge in [-0.2, -0.15) is 21.0 Å². The van der Waals surface area contributed by atoms with Crippen LogP contribution in [0.3, 0.4) is 0 Å². The van der Waals surface area contributed by atoms with Gasteiger partial charge in [-0.05, 0) is 137 Å². The van der Waals surface area contributed by atoms with Crippen LogP contribution in [0, 0.1) is 92.0 Å². The number of rotatable bonds is 7. The van der Waals surface area contributed by atoms with E-state index < -0.39 is 0 Å². The van der Waals surface area contributed by atoms with Gasteiger partial charge in [-0.25, -0.2) is 24.2 Å². The van der Waals surface area contributed by atoms with Crippen LogP contribution in [0.1, 0.15) is 33.6 Å². The fraction of sp³-hybridized carbons (Fsp3) is 0.0286. The van der Waals surface area contributed by atoms with E-state index in [4.69, 9.17) is 37.8 Å². The van der Waals surface area contributed by atoms with E-state index in [1.165, 1.54) is 0 Å². The van der Waals surface area contributed by atoms with Gasteiger partial charge in [-0.3, -0.25) is 4.98 Å². The maximum Gasteiger partial charge on any atom is 0.196 e. The molecule has 12 nitrogen and oxygen atoms in total. The standard InChI is InChI=1S/C70H34N12/c1-40-24-48(25-41(2)80-40)61-35-70(82-67-30-46(55-22-14-51(75-3)33-63(55)78-6)12-20-59(67)60-21-13-47(31-68(60)82)56-23-15-52(76-4)34-64(56)79-7)69(32-50(61)39-74)81-65-28-44(53-16-8-42(36-71)26-49(53)38-73)10-18-57(65)58-19-11-45(29-66(58)81)54-17-9-43(37-72)27-62(54)77-5/h8-35H,1-2H3. The summed E-state index contributed by atoms with van der Waals surface area (Å²) >= 11 is 0. The van der Waals surface area contributed by atoms with Crippen molar-refractivity contribution in [3.63, 3.8) is 0 Å². The Hall–Kier alpha value is -12.9. The van der Waals surface area contributed by atoms with E-state index in [2.05, 4.69) is 57.6 Å². The van der Waals surface area contributed by atoms with Crippen LogP contribution in [-0.2, 0) is 0 Å². The van der Waals surface area contributed by atoms with E-state index in [0.717, 1.165) is 49.5 Å². The molecule has 0 atom stereocenters. The Morgan fingerprint density at radius 2 is 0.720 bits per heavy atom. The minimum atomic E-state index is 0.292. The van der Waals surface area contributed by atoms with Crippen molar-refractivity contribution in [2.75, 3.05) is 0 Å². The van der Waals surface area contributed by atoms with Gasteiger partial charge in [0.05, 0.1) is 107 Å². The van der Waals surface area contributed by atoms with Crippen LogP contribution >= 0.6 is 0 Å². The molecular formula is C70H34N12. The number of aryl methyl sites for hydroxylation is 2. The molecule has 0 N–H and O–H groups in total. The summed E-state index contributed by atoms with van der Waals surface area (Å²) in [5.41, 5.74) is 15.0. The third-order valence-electron chi connectivity index (χ3n) is 14.9. The van der Waals surface area contributed by atoms with Crippen molar-refractivity contribution in [1.82, 2.24) is 14.1 Å². The van der Waals surface area contributed by atoms with Crippen molar-refractivity contribution in [2.24, 2.45) is 0 Å². The summed E-state index contributed by atoms with van der Waals surface area (Å²) < 4.78 is 4.25. The SMILES string of the molecule is [C-]#[N+]c1ccc(-c2ccc3c4ccc(-c5ccc([N+]#[C-])cc5[N+]#[C-])cc4n(-c4cc(-c5cc(C)nc(C)c5)c(C#N)cc4-n4c5cc(-c6ccc(C#N)cc6C#N)ccc5c5ccc(-c6ccc(C#N)cc6[N+]#[C-])cc54)c3c2)c([N+]#[C-])c1. The fourth-order valence-electron chi connectivity index (χ4n) is 11.2. The lowest BCUT2D eigenvalue weighted by Gasteiger charge is -2.20. The van der Waals surface area contributed by atoms with Crippen LogP contribution in [0.4, 0.5) is 28.4 Å². The highest BCUT2D eigenvalue weighted by molar-refractivity contribution is 6.14. The zero-order valence-corrected chi connectivity index (χ0v) is 43.5. The highest BCUT2D eigenvalue weighted by atomic mass is 15.1. The normalized spacial score (nSPS) is 10.7. The zero-order chi connectivity index (χ0) is 56.9. The number of benzene rings is 9. The molecule has 9 aromatic carbocycles. The molecule has 0 aliphatic carbocycles. The first-order valence-corrected chi connectivity index (χ1v) is 25.4. The molecule has 0 radical (unpaired) electrons. The molecule has 0 saturated carbocycles. The smallest absolute Gasteiger partial charge is 0.196 e. The molecule has 12 rings (SSSR count). The third-order valence-corrected chi connectivity index (χ3v) is 14.9. The van der Waals surface area contributed by atoms with Crippen molar-refractivity contribution < 1.29 is 0 Å². The Morgan fingerprint density at radius 1 is 0.341 bits per heavy atom. The van der Waals surface area contributed by atoms with Crippen molar-refractivity contribution in [2.45, 2.75) is 13.8 Å². The minimum absolute atomic E-state index is 0.292. The first-order valence-electron chi connectivity index (χ1n) is 25.4. The second kappa shape index (κ2) is 19.9. The lowest BCUT2D eigenvalue weighted by atomic mass is 9.96. The maximum atomic E-state index is 11.4. The summed E-state index contributed by atoms with van der Waals surface area (Å²) in [4.78, 5) is 23.5. The fourth-order valence-corrected chi connectivity index (χ4v) is 11.2. The minimum Gasteiger partial charge on any atom is -0.307 e. The van der Waals surface area contributed by atoms with Gasteiger partial charge in [0, 0.05) is 44.1 Å². The van der Waals surface area contributed by atoms with Gasteiger partial charge in [-0.15, -0.1) is 0 Å². The van der Waals surface area contributed by atoms with E-state index in [0.29, 0.717) is 123 Å². The van der Waals surface area contributed by atoms with Gasteiger partial charge in [0.25, 0.3) is 0 Å². The molecule has 0 fully saturated rings. The highest BCUT2D eigenvalue weighted by Crippen LogP contribution is 2.46.